The van der Waals surface area contributed by atoms with Crippen LogP contribution in [-0.4, -0.2) is 67.7 Å². The lowest BCUT2D eigenvalue weighted by atomic mass is 9.73. The minimum absolute atomic E-state index is 0.0199. The first kappa shape index (κ1) is 18.6. The molecule has 1 unspecified atom stereocenters. The smallest absolute Gasteiger partial charge is 0.274 e. The van der Waals surface area contributed by atoms with Gasteiger partial charge < -0.3 is 14.8 Å². The van der Waals surface area contributed by atoms with Crippen molar-refractivity contribution in [2.75, 3.05) is 26.2 Å². The van der Waals surface area contributed by atoms with Gasteiger partial charge in [-0.25, -0.2) is 9.97 Å². The van der Waals surface area contributed by atoms with E-state index in [1.807, 2.05) is 16.7 Å². The molecule has 4 rings (SSSR count). The molecule has 0 aromatic carbocycles. The van der Waals surface area contributed by atoms with Gasteiger partial charge in [-0.2, -0.15) is 0 Å². The van der Waals surface area contributed by atoms with Gasteiger partial charge in [0.05, 0.1) is 18.2 Å². The third-order valence-electron chi connectivity index (χ3n) is 5.90. The Bertz CT molecular complexity index is 835. The summed E-state index contributed by atoms with van der Waals surface area (Å²) in [7, 11) is 0. The fourth-order valence-corrected chi connectivity index (χ4v) is 4.36. The van der Waals surface area contributed by atoms with Gasteiger partial charge in [-0.15, -0.1) is 0 Å². The Morgan fingerprint density at radius 3 is 2.86 bits per heavy atom. The van der Waals surface area contributed by atoms with Gasteiger partial charge in [0.25, 0.3) is 5.91 Å². The van der Waals surface area contributed by atoms with Crippen LogP contribution in [0, 0.1) is 12.3 Å². The van der Waals surface area contributed by atoms with E-state index in [9.17, 15) is 9.59 Å². The first-order chi connectivity index (χ1) is 13.5. The molecule has 2 amide bonds. The van der Waals surface area contributed by atoms with Crippen LogP contribution >= 0.6 is 0 Å². The summed E-state index contributed by atoms with van der Waals surface area (Å²) in [6.07, 6.45) is 10.8. The van der Waals surface area contributed by atoms with E-state index < -0.39 is 0 Å². The number of nitrogens with zero attached hydrogens (tertiary/aromatic N) is 5. The first-order valence-corrected chi connectivity index (χ1v) is 9.88. The number of hydrogen-bond acceptors (Lipinski definition) is 5. The number of rotatable bonds is 4. The Hall–Kier alpha value is -2.77. The summed E-state index contributed by atoms with van der Waals surface area (Å²) in [5.41, 5.74) is 2.20. The number of aromatic nitrogens is 4. The predicted molar refractivity (Wildman–Crippen MR) is 102 cm³/mol. The van der Waals surface area contributed by atoms with Crippen molar-refractivity contribution >= 4 is 11.8 Å². The minimum atomic E-state index is -0.0625. The van der Waals surface area contributed by atoms with Crippen molar-refractivity contribution in [3.05, 3.63) is 42.0 Å². The van der Waals surface area contributed by atoms with Crippen LogP contribution in [0.2, 0.25) is 0 Å². The molecule has 28 heavy (non-hydrogen) atoms. The van der Waals surface area contributed by atoms with Crippen molar-refractivity contribution < 1.29 is 9.59 Å². The molecule has 148 valence electrons. The van der Waals surface area contributed by atoms with E-state index in [-0.39, 0.29) is 17.2 Å². The van der Waals surface area contributed by atoms with Crippen molar-refractivity contribution in [1.29, 1.82) is 0 Å². The average molecular weight is 382 g/mol. The van der Waals surface area contributed by atoms with Gasteiger partial charge in [0.2, 0.25) is 5.91 Å². The lowest BCUT2D eigenvalue weighted by Crippen LogP contribution is -2.55. The number of carbonyl (C=O) groups is 2. The fraction of sp³-hybridized carbons (Fsp3) is 0.550. The van der Waals surface area contributed by atoms with E-state index in [2.05, 4.69) is 19.9 Å². The average Bonchev–Trinajstić information content (AvgIpc) is 3.23. The number of amides is 2. The molecule has 1 N–H and O–H groups in total. The van der Waals surface area contributed by atoms with Crippen LogP contribution in [0.3, 0.4) is 0 Å². The van der Waals surface area contributed by atoms with Gasteiger partial charge in [0.1, 0.15) is 5.69 Å². The maximum Gasteiger partial charge on any atom is 0.274 e. The van der Waals surface area contributed by atoms with Gasteiger partial charge in [0, 0.05) is 62.5 Å². The predicted octanol–water partition coefficient (Wildman–Crippen LogP) is 1.60. The molecule has 0 aliphatic carbocycles. The molecule has 2 aromatic heterocycles. The van der Waals surface area contributed by atoms with Crippen molar-refractivity contribution in [1.82, 2.24) is 29.7 Å². The topological polar surface area (TPSA) is 95.1 Å². The number of carbonyl (C=O) groups excluding carboxylic acids is 2. The molecule has 4 heterocycles. The number of aromatic amines is 1. The largest absolute Gasteiger partial charge is 0.348 e. The molecule has 8 heteroatoms. The van der Waals surface area contributed by atoms with E-state index in [4.69, 9.17) is 0 Å². The number of H-pyrrole nitrogens is 1. The summed E-state index contributed by atoms with van der Waals surface area (Å²) >= 11 is 0. The monoisotopic (exact) mass is 382 g/mol. The van der Waals surface area contributed by atoms with Gasteiger partial charge in [-0.1, -0.05) is 0 Å². The van der Waals surface area contributed by atoms with Crippen molar-refractivity contribution in [3.63, 3.8) is 0 Å². The van der Waals surface area contributed by atoms with Gasteiger partial charge in [-0.3, -0.25) is 14.6 Å². The normalized spacial score (nSPS) is 22.7. The summed E-state index contributed by atoms with van der Waals surface area (Å²) in [4.78, 5) is 44.8. The maximum atomic E-state index is 12.9. The van der Waals surface area contributed by atoms with Crippen LogP contribution in [0.1, 0.15) is 47.6 Å². The number of nitrogens with one attached hydrogen (secondary N) is 1. The second-order valence-electron chi connectivity index (χ2n) is 8.02. The molecule has 0 bridgehead atoms. The molecule has 2 aromatic rings. The zero-order valence-corrected chi connectivity index (χ0v) is 16.2. The Morgan fingerprint density at radius 2 is 2.11 bits per heavy atom. The third-order valence-corrected chi connectivity index (χ3v) is 5.90. The Balaban J connectivity index is 1.43. The standard InChI is InChI=1S/C20H26N6O2/c1-15-9-23-17(11-22-15)19(28)26-7-2-5-20(13-26)6-3-18(27)25(12-20)8-4-16-10-21-14-24-16/h9-11,14H,2-8,12-13H2,1H3,(H,21,24). The molecular formula is C20H26N6O2. The summed E-state index contributed by atoms with van der Waals surface area (Å²) in [5.74, 6) is 0.144. The lowest BCUT2D eigenvalue weighted by Gasteiger charge is -2.48. The minimum Gasteiger partial charge on any atom is -0.348 e. The van der Waals surface area contributed by atoms with Crippen molar-refractivity contribution in [2.24, 2.45) is 5.41 Å². The maximum absolute atomic E-state index is 12.9. The van der Waals surface area contributed by atoms with Crippen LogP contribution in [-0.2, 0) is 11.2 Å². The molecule has 0 radical (unpaired) electrons. The van der Waals surface area contributed by atoms with E-state index in [1.54, 1.807) is 24.9 Å². The second-order valence-corrected chi connectivity index (χ2v) is 8.02. The van der Waals surface area contributed by atoms with E-state index >= 15 is 0 Å². The van der Waals surface area contributed by atoms with Crippen LogP contribution in [0.25, 0.3) is 0 Å². The van der Waals surface area contributed by atoms with Crippen LogP contribution in [0.15, 0.2) is 24.9 Å². The van der Waals surface area contributed by atoms with Crippen molar-refractivity contribution in [3.8, 4) is 0 Å². The summed E-state index contributed by atoms with van der Waals surface area (Å²) in [6.45, 7) is 4.66. The molecule has 2 fully saturated rings. The number of imidazole rings is 1. The summed E-state index contributed by atoms with van der Waals surface area (Å²) < 4.78 is 0. The van der Waals surface area contributed by atoms with E-state index in [1.165, 1.54) is 0 Å². The second kappa shape index (κ2) is 7.69. The number of piperidine rings is 2. The lowest BCUT2D eigenvalue weighted by molar-refractivity contribution is -0.138. The molecule has 1 spiro atoms. The summed E-state index contributed by atoms with van der Waals surface area (Å²) in [5, 5.41) is 0. The molecule has 1 atom stereocenters. The highest BCUT2D eigenvalue weighted by atomic mass is 16.2. The van der Waals surface area contributed by atoms with Crippen LogP contribution in [0.5, 0.6) is 0 Å². The SMILES string of the molecule is Cc1cnc(C(=O)N2CCCC3(CCC(=O)N(CCc4cnc[nH]4)C3)C2)cn1. The Kier molecular flexibility index (Phi) is 5.11. The highest BCUT2D eigenvalue weighted by Gasteiger charge is 2.42. The number of aryl methyl sites for hydroxylation is 1. The molecule has 2 aliphatic rings. The van der Waals surface area contributed by atoms with E-state index in [0.717, 1.165) is 43.6 Å². The number of likely N-dealkylation sites (tertiary alicyclic amines) is 2. The first-order valence-electron chi connectivity index (χ1n) is 9.88. The number of hydrogen-bond donors (Lipinski definition) is 1. The van der Waals surface area contributed by atoms with Crippen LogP contribution < -0.4 is 0 Å². The van der Waals surface area contributed by atoms with Crippen LogP contribution in [0.4, 0.5) is 0 Å². The van der Waals surface area contributed by atoms with Gasteiger partial charge >= 0.3 is 0 Å². The molecule has 0 saturated carbocycles. The van der Waals surface area contributed by atoms with Gasteiger partial charge in [-0.05, 0) is 26.2 Å². The van der Waals surface area contributed by atoms with E-state index in [0.29, 0.717) is 31.7 Å². The highest BCUT2D eigenvalue weighted by Crippen LogP contribution is 2.39. The summed E-state index contributed by atoms with van der Waals surface area (Å²) in [6, 6.07) is 0. The molecule has 2 saturated heterocycles. The zero-order valence-electron chi connectivity index (χ0n) is 16.2. The van der Waals surface area contributed by atoms with Gasteiger partial charge in [0.15, 0.2) is 0 Å². The quantitative estimate of drug-likeness (QED) is 0.867. The highest BCUT2D eigenvalue weighted by molar-refractivity contribution is 5.92. The molecule has 2 aliphatic heterocycles. The molecule has 8 nitrogen and oxygen atoms in total. The van der Waals surface area contributed by atoms with Crippen molar-refractivity contribution in [2.45, 2.75) is 39.0 Å². The molecular weight excluding hydrogens is 356 g/mol. The fourth-order valence-electron chi connectivity index (χ4n) is 4.36. The Labute approximate surface area is 164 Å². The zero-order chi connectivity index (χ0) is 19.6. The Morgan fingerprint density at radius 1 is 1.21 bits per heavy atom. The third kappa shape index (κ3) is 3.90.